The Bertz CT molecular complexity index is 608. The van der Waals surface area contributed by atoms with Crippen molar-refractivity contribution < 1.29 is 4.74 Å². The Morgan fingerprint density at radius 1 is 1.14 bits per heavy atom. The second-order valence-corrected chi connectivity index (χ2v) is 5.77. The molecule has 6 nitrogen and oxygen atoms in total. The first-order chi connectivity index (χ1) is 10.9. The summed E-state index contributed by atoms with van der Waals surface area (Å²) in [6, 6.07) is 6.28. The second kappa shape index (κ2) is 5.98. The molecule has 2 saturated heterocycles. The first-order valence-electron chi connectivity index (χ1n) is 7.67. The summed E-state index contributed by atoms with van der Waals surface area (Å²) in [6.45, 7) is 4.42. The summed E-state index contributed by atoms with van der Waals surface area (Å²) in [7, 11) is 0. The van der Waals surface area contributed by atoms with E-state index in [1.165, 1.54) is 5.56 Å². The van der Waals surface area contributed by atoms with E-state index in [9.17, 15) is 0 Å². The predicted octanol–water partition coefficient (Wildman–Crippen LogP) is 0.961. The quantitative estimate of drug-likeness (QED) is 0.841. The van der Waals surface area contributed by atoms with E-state index < -0.39 is 0 Å². The Kier molecular flexibility index (Phi) is 3.70. The lowest BCUT2D eigenvalue weighted by atomic mass is 10.1. The highest BCUT2D eigenvalue weighted by atomic mass is 16.5. The minimum absolute atomic E-state index is 0.231. The average molecular weight is 297 g/mol. The number of hydrogen-bond donors (Lipinski definition) is 0. The molecule has 0 aromatic carbocycles. The molecule has 0 spiro atoms. The molecule has 2 aromatic rings. The normalized spacial score (nSPS) is 25.2. The van der Waals surface area contributed by atoms with Gasteiger partial charge in [-0.2, -0.15) is 0 Å². The molecule has 2 aromatic heterocycles. The van der Waals surface area contributed by atoms with E-state index in [0.29, 0.717) is 6.04 Å². The topological polar surface area (TPSA) is 54.4 Å². The highest BCUT2D eigenvalue weighted by Crippen LogP contribution is 2.26. The number of aromatic nitrogens is 3. The lowest BCUT2D eigenvalue weighted by Crippen LogP contribution is -2.51. The Balaban J connectivity index is 1.49. The van der Waals surface area contributed by atoms with Gasteiger partial charge in [0.15, 0.2) is 0 Å². The molecule has 2 fully saturated rings. The third-order valence-electron chi connectivity index (χ3n) is 4.32. The summed E-state index contributed by atoms with van der Waals surface area (Å²) in [4.78, 5) is 17.7. The highest BCUT2D eigenvalue weighted by Gasteiger charge is 2.40. The third kappa shape index (κ3) is 2.67. The van der Waals surface area contributed by atoms with Crippen molar-refractivity contribution in [1.82, 2.24) is 19.9 Å². The van der Waals surface area contributed by atoms with Gasteiger partial charge in [0.05, 0.1) is 18.8 Å². The number of ether oxygens (including phenoxy) is 1. The van der Waals surface area contributed by atoms with Crippen LogP contribution in [-0.2, 0) is 11.3 Å². The van der Waals surface area contributed by atoms with Crippen LogP contribution < -0.4 is 4.90 Å². The van der Waals surface area contributed by atoms with Crippen LogP contribution in [0.3, 0.4) is 0 Å². The second-order valence-electron chi connectivity index (χ2n) is 5.77. The van der Waals surface area contributed by atoms with Gasteiger partial charge in [-0.1, -0.05) is 6.07 Å². The molecule has 0 saturated carbocycles. The van der Waals surface area contributed by atoms with Crippen LogP contribution in [0.15, 0.2) is 43.0 Å². The van der Waals surface area contributed by atoms with Gasteiger partial charge in [0.1, 0.15) is 0 Å². The van der Waals surface area contributed by atoms with E-state index in [1.807, 2.05) is 24.5 Å². The zero-order chi connectivity index (χ0) is 14.8. The first-order valence-corrected chi connectivity index (χ1v) is 7.67. The number of hydrogen-bond acceptors (Lipinski definition) is 6. The Labute approximate surface area is 129 Å². The number of anilines is 1. The molecule has 2 aliphatic rings. The molecular weight excluding hydrogens is 278 g/mol. The van der Waals surface area contributed by atoms with E-state index in [1.54, 1.807) is 12.4 Å². The van der Waals surface area contributed by atoms with E-state index in [2.05, 4.69) is 30.8 Å². The molecule has 4 heterocycles. The van der Waals surface area contributed by atoms with Crippen molar-refractivity contribution in [2.75, 3.05) is 31.1 Å². The van der Waals surface area contributed by atoms with Crippen molar-refractivity contribution in [2.45, 2.75) is 18.7 Å². The van der Waals surface area contributed by atoms with Gasteiger partial charge in [0, 0.05) is 51.0 Å². The summed E-state index contributed by atoms with van der Waals surface area (Å²) in [5.41, 5.74) is 1.24. The minimum atomic E-state index is 0.231. The zero-order valence-corrected chi connectivity index (χ0v) is 12.4. The summed E-state index contributed by atoms with van der Waals surface area (Å²) >= 11 is 0. The van der Waals surface area contributed by atoms with Gasteiger partial charge in [-0.3, -0.25) is 9.88 Å². The smallest absolute Gasteiger partial charge is 0.225 e. The fraction of sp³-hybridized carbons (Fsp3) is 0.438. The number of rotatable bonds is 3. The van der Waals surface area contributed by atoms with E-state index in [-0.39, 0.29) is 6.10 Å². The molecule has 0 N–H and O–H groups in total. The highest BCUT2D eigenvalue weighted by molar-refractivity contribution is 5.33. The van der Waals surface area contributed by atoms with Crippen molar-refractivity contribution in [1.29, 1.82) is 0 Å². The number of morpholine rings is 1. The van der Waals surface area contributed by atoms with Gasteiger partial charge < -0.3 is 9.64 Å². The lowest BCUT2D eigenvalue weighted by Gasteiger charge is -2.36. The van der Waals surface area contributed by atoms with Crippen LogP contribution in [0.2, 0.25) is 0 Å². The van der Waals surface area contributed by atoms with Crippen molar-refractivity contribution >= 4 is 5.95 Å². The third-order valence-corrected chi connectivity index (χ3v) is 4.32. The molecule has 2 aliphatic heterocycles. The van der Waals surface area contributed by atoms with Crippen LogP contribution in [0.4, 0.5) is 5.95 Å². The summed E-state index contributed by atoms with van der Waals surface area (Å²) in [6.07, 6.45) is 7.57. The molecule has 0 radical (unpaired) electrons. The SMILES string of the molecule is c1cnc(N2CCO[C@H]3CN(Cc4cccnc4)C[C@H]32)nc1. The lowest BCUT2D eigenvalue weighted by molar-refractivity contribution is 0.0300. The fourth-order valence-electron chi connectivity index (χ4n) is 3.33. The molecule has 0 unspecified atom stereocenters. The number of nitrogens with zero attached hydrogens (tertiary/aromatic N) is 5. The van der Waals surface area contributed by atoms with Gasteiger partial charge in [-0.15, -0.1) is 0 Å². The van der Waals surface area contributed by atoms with Crippen LogP contribution in [0.25, 0.3) is 0 Å². The minimum Gasteiger partial charge on any atom is -0.373 e. The maximum Gasteiger partial charge on any atom is 0.225 e. The van der Waals surface area contributed by atoms with Gasteiger partial charge in [-0.05, 0) is 17.7 Å². The number of pyridine rings is 1. The maximum atomic E-state index is 5.97. The van der Waals surface area contributed by atoms with Gasteiger partial charge >= 0.3 is 0 Å². The van der Waals surface area contributed by atoms with Gasteiger partial charge in [0.25, 0.3) is 0 Å². The molecule has 2 atom stereocenters. The Morgan fingerprint density at radius 2 is 2.05 bits per heavy atom. The fourth-order valence-corrected chi connectivity index (χ4v) is 3.33. The van der Waals surface area contributed by atoms with E-state index >= 15 is 0 Å². The van der Waals surface area contributed by atoms with Crippen molar-refractivity contribution in [3.05, 3.63) is 48.5 Å². The van der Waals surface area contributed by atoms with Crippen LogP contribution in [-0.4, -0.2) is 58.2 Å². The molecule has 0 aliphatic carbocycles. The van der Waals surface area contributed by atoms with Gasteiger partial charge in [-0.25, -0.2) is 9.97 Å². The number of fused-ring (bicyclic) bond motifs is 1. The van der Waals surface area contributed by atoms with Gasteiger partial charge in [0.2, 0.25) is 5.95 Å². The van der Waals surface area contributed by atoms with Crippen LogP contribution in [0.1, 0.15) is 5.56 Å². The van der Waals surface area contributed by atoms with Crippen LogP contribution in [0.5, 0.6) is 0 Å². The first kappa shape index (κ1) is 13.6. The summed E-state index contributed by atoms with van der Waals surface area (Å²) in [5.74, 6) is 0.809. The van der Waals surface area contributed by atoms with Crippen molar-refractivity contribution in [2.24, 2.45) is 0 Å². The number of likely N-dealkylation sites (tertiary alicyclic amines) is 1. The molecule has 114 valence electrons. The standard InChI is InChI=1S/C16H19N5O/c1-3-13(9-17-4-1)10-20-11-14-15(12-20)22-8-7-21(14)16-18-5-2-6-19-16/h1-6,9,14-15H,7-8,10-12H2/t14-,15+/m1/s1. The largest absolute Gasteiger partial charge is 0.373 e. The summed E-state index contributed by atoms with van der Waals surface area (Å²) in [5, 5.41) is 0. The van der Waals surface area contributed by atoms with E-state index in [4.69, 9.17) is 4.74 Å². The zero-order valence-electron chi connectivity index (χ0n) is 12.4. The molecule has 22 heavy (non-hydrogen) atoms. The Hall–Kier alpha value is -2.05. The summed E-state index contributed by atoms with van der Waals surface area (Å²) < 4.78 is 5.97. The maximum absolute atomic E-state index is 5.97. The monoisotopic (exact) mass is 297 g/mol. The predicted molar refractivity (Wildman–Crippen MR) is 82.4 cm³/mol. The molecule has 0 amide bonds. The average Bonchev–Trinajstić information content (AvgIpc) is 2.99. The molecular formula is C16H19N5O. The van der Waals surface area contributed by atoms with Crippen molar-refractivity contribution in [3.8, 4) is 0 Å². The Morgan fingerprint density at radius 3 is 2.86 bits per heavy atom. The van der Waals surface area contributed by atoms with Crippen LogP contribution in [0, 0.1) is 0 Å². The van der Waals surface area contributed by atoms with E-state index in [0.717, 1.165) is 38.7 Å². The molecule has 6 heteroatoms. The molecule has 4 rings (SSSR count). The van der Waals surface area contributed by atoms with Crippen molar-refractivity contribution in [3.63, 3.8) is 0 Å². The van der Waals surface area contributed by atoms with Crippen LogP contribution >= 0.6 is 0 Å². The molecule has 0 bridgehead atoms.